The average molecular weight is 328 g/mol. The van der Waals surface area contributed by atoms with E-state index >= 15 is 0 Å². The fourth-order valence-corrected chi connectivity index (χ4v) is 3.29. The summed E-state index contributed by atoms with van der Waals surface area (Å²) in [6.45, 7) is 3.04. The minimum absolute atomic E-state index is 0.207. The van der Waals surface area contributed by atoms with E-state index in [-0.39, 0.29) is 17.7 Å². The Bertz CT molecular complexity index is 728. The fraction of sp³-hybridized carbons (Fsp3) is 0.529. The zero-order valence-electron chi connectivity index (χ0n) is 13.6. The van der Waals surface area contributed by atoms with E-state index in [1.807, 2.05) is 11.8 Å². The smallest absolute Gasteiger partial charge is 0.273 e. The topological polar surface area (TPSA) is 83.9 Å². The van der Waals surface area contributed by atoms with Crippen LogP contribution in [0.2, 0.25) is 0 Å². The van der Waals surface area contributed by atoms with Crippen LogP contribution in [0.1, 0.15) is 31.4 Å². The molecule has 0 bridgehead atoms. The van der Waals surface area contributed by atoms with Crippen molar-refractivity contribution in [2.45, 2.75) is 38.2 Å². The van der Waals surface area contributed by atoms with E-state index in [9.17, 15) is 9.59 Å². The number of pyridine rings is 1. The van der Waals surface area contributed by atoms with E-state index in [2.05, 4.69) is 15.5 Å². The largest absolute Gasteiger partial charge is 0.386 e. The van der Waals surface area contributed by atoms with Crippen LogP contribution in [0.5, 0.6) is 0 Å². The van der Waals surface area contributed by atoms with Crippen molar-refractivity contribution in [1.82, 2.24) is 9.88 Å². The van der Waals surface area contributed by atoms with Gasteiger partial charge in [-0.2, -0.15) is 0 Å². The number of rotatable bonds is 3. The van der Waals surface area contributed by atoms with Crippen LogP contribution in [0, 0.1) is 12.8 Å². The molecule has 3 aliphatic rings. The summed E-state index contributed by atoms with van der Waals surface area (Å²) in [4.78, 5) is 36.2. The van der Waals surface area contributed by atoms with Crippen LogP contribution in [0.25, 0.3) is 0 Å². The monoisotopic (exact) mass is 328 g/mol. The van der Waals surface area contributed by atoms with Gasteiger partial charge in [0, 0.05) is 31.5 Å². The van der Waals surface area contributed by atoms with Gasteiger partial charge in [0.2, 0.25) is 5.91 Å². The maximum atomic E-state index is 12.4. The normalized spacial score (nSPS) is 25.5. The molecule has 3 heterocycles. The van der Waals surface area contributed by atoms with Crippen LogP contribution in [0.4, 0.5) is 5.69 Å². The number of carbonyl (C=O) groups is 2. The third kappa shape index (κ3) is 2.74. The third-order valence-corrected chi connectivity index (χ3v) is 4.91. The van der Waals surface area contributed by atoms with E-state index in [0.717, 1.165) is 25.0 Å². The van der Waals surface area contributed by atoms with Gasteiger partial charge in [0.25, 0.3) is 5.91 Å². The van der Waals surface area contributed by atoms with Crippen molar-refractivity contribution in [3.8, 4) is 0 Å². The Morgan fingerprint density at radius 3 is 3.00 bits per heavy atom. The second-order valence-electron chi connectivity index (χ2n) is 6.86. The Hall–Kier alpha value is -2.44. The molecule has 2 fully saturated rings. The predicted molar refractivity (Wildman–Crippen MR) is 87.4 cm³/mol. The van der Waals surface area contributed by atoms with Gasteiger partial charge in [-0.05, 0) is 31.9 Å². The van der Waals surface area contributed by atoms with E-state index < -0.39 is 5.60 Å². The molecule has 7 heteroatoms. The number of carbonyl (C=O) groups excluding carboxylic acids is 2. The lowest BCUT2D eigenvalue weighted by Crippen LogP contribution is -2.38. The van der Waals surface area contributed by atoms with E-state index in [1.165, 1.54) is 0 Å². The Morgan fingerprint density at radius 2 is 2.25 bits per heavy atom. The van der Waals surface area contributed by atoms with Crippen molar-refractivity contribution in [3.05, 3.63) is 24.0 Å². The Kier molecular flexibility index (Phi) is 3.51. The number of oxime groups is 1. The first-order valence-electron chi connectivity index (χ1n) is 8.33. The third-order valence-electron chi connectivity index (χ3n) is 4.91. The Labute approximate surface area is 140 Å². The molecule has 0 unspecified atom stereocenters. The molecule has 1 atom stereocenters. The van der Waals surface area contributed by atoms with Gasteiger partial charge in [0.05, 0.1) is 17.9 Å². The van der Waals surface area contributed by atoms with Gasteiger partial charge in [-0.1, -0.05) is 5.16 Å². The molecule has 1 aliphatic carbocycles. The lowest BCUT2D eigenvalue weighted by molar-refractivity contribution is -0.132. The van der Waals surface area contributed by atoms with Crippen LogP contribution in [-0.2, 0) is 14.4 Å². The van der Waals surface area contributed by atoms with Crippen LogP contribution < -0.4 is 5.32 Å². The number of hydrogen-bond acceptors (Lipinski definition) is 5. The van der Waals surface area contributed by atoms with Crippen LogP contribution in [-0.4, -0.2) is 46.1 Å². The van der Waals surface area contributed by atoms with E-state index in [1.54, 1.807) is 18.3 Å². The van der Waals surface area contributed by atoms with Crippen LogP contribution in [0.15, 0.2) is 23.5 Å². The summed E-state index contributed by atoms with van der Waals surface area (Å²) in [5, 5.41) is 6.83. The van der Waals surface area contributed by atoms with Crippen molar-refractivity contribution in [2.24, 2.45) is 11.1 Å². The molecule has 1 saturated carbocycles. The number of likely N-dealkylation sites (tertiary alicyclic amines) is 1. The molecule has 4 rings (SSSR count). The van der Waals surface area contributed by atoms with Gasteiger partial charge in [-0.25, -0.2) is 0 Å². The average Bonchev–Trinajstić information content (AvgIpc) is 3.22. The molecule has 1 aromatic heterocycles. The quantitative estimate of drug-likeness (QED) is 0.911. The second-order valence-corrected chi connectivity index (χ2v) is 6.86. The van der Waals surface area contributed by atoms with Crippen molar-refractivity contribution in [2.75, 3.05) is 18.4 Å². The number of hydrogen-bond donors (Lipinski definition) is 1. The predicted octanol–water partition coefficient (Wildman–Crippen LogP) is 1.49. The summed E-state index contributed by atoms with van der Waals surface area (Å²) in [5.41, 5.74) is 1.27. The lowest BCUT2D eigenvalue weighted by Gasteiger charge is -2.21. The van der Waals surface area contributed by atoms with Gasteiger partial charge in [-0.15, -0.1) is 0 Å². The van der Waals surface area contributed by atoms with Crippen molar-refractivity contribution < 1.29 is 14.4 Å². The fourth-order valence-electron chi connectivity index (χ4n) is 3.29. The number of aromatic nitrogens is 1. The number of nitrogens with zero attached hydrogens (tertiary/aromatic N) is 3. The van der Waals surface area contributed by atoms with E-state index in [4.69, 9.17) is 4.84 Å². The molecular weight excluding hydrogens is 308 g/mol. The maximum absolute atomic E-state index is 12.4. The molecule has 1 N–H and O–H groups in total. The lowest BCUT2D eigenvalue weighted by atomic mass is 9.96. The molecule has 1 saturated heterocycles. The van der Waals surface area contributed by atoms with Gasteiger partial charge in [0.15, 0.2) is 5.60 Å². The molecule has 1 spiro atoms. The minimum Gasteiger partial charge on any atom is -0.386 e. The van der Waals surface area contributed by atoms with Crippen molar-refractivity contribution >= 4 is 23.2 Å². The van der Waals surface area contributed by atoms with Crippen LogP contribution in [0.3, 0.4) is 0 Å². The molecule has 1 aromatic rings. The highest BCUT2D eigenvalue weighted by atomic mass is 16.7. The zero-order valence-corrected chi connectivity index (χ0v) is 13.6. The number of nitrogens with one attached hydrogen (secondary N) is 1. The number of amides is 2. The van der Waals surface area contributed by atoms with E-state index in [0.29, 0.717) is 30.9 Å². The highest BCUT2D eigenvalue weighted by Gasteiger charge is 2.49. The summed E-state index contributed by atoms with van der Waals surface area (Å²) in [6.07, 6.45) is 4.83. The molecule has 0 aromatic carbocycles. The van der Waals surface area contributed by atoms with Gasteiger partial charge in [0.1, 0.15) is 5.71 Å². The highest BCUT2D eigenvalue weighted by Crippen LogP contribution is 2.38. The molecule has 126 valence electrons. The van der Waals surface area contributed by atoms with Gasteiger partial charge in [-0.3, -0.25) is 14.6 Å². The molecule has 2 aliphatic heterocycles. The summed E-state index contributed by atoms with van der Waals surface area (Å²) in [7, 11) is 0. The standard InChI is InChI=1S/C17H20N4O3/c1-11-13(3-2-7-18-11)19-15(22)14-9-17(24-20-14)6-8-21(10-17)16(23)12-4-5-12/h2-3,7,12H,4-6,8-10H2,1H3,(H,19,22)/t17-/m0/s1. The number of aryl methyl sites for hydroxylation is 1. The summed E-state index contributed by atoms with van der Waals surface area (Å²) >= 11 is 0. The first kappa shape index (κ1) is 15.1. The van der Waals surface area contributed by atoms with Crippen LogP contribution >= 0.6 is 0 Å². The molecule has 0 radical (unpaired) electrons. The van der Waals surface area contributed by atoms with Gasteiger partial charge < -0.3 is 15.1 Å². The minimum atomic E-state index is -0.527. The van der Waals surface area contributed by atoms with Gasteiger partial charge >= 0.3 is 0 Å². The van der Waals surface area contributed by atoms with Crippen molar-refractivity contribution in [1.29, 1.82) is 0 Å². The summed E-state index contributed by atoms with van der Waals surface area (Å²) in [6, 6.07) is 3.58. The molecular formula is C17H20N4O3. The molecule has 2 amide bonds. The first-order chi connectivity index (χ1) is 11.6. The zero-order chi connectivity index (χ0) is 16.7. The second kappa shape index (κ2) is 5.58. The molecule has 7 nitrogen and oxygen atoms in total. The summed E-state index contributed by atoms with van der Waals surface area (Å²) in [5.74, 6) is 0.160. The summed E-state index contributed by atoms with van der Waals surface area (Å²) < 4.78 is 0. The number of anilines is 1. The molecule has 24 heavy (non-hydrogen) atoms. The van der Waals surface area contributed by atoms with Crippen molar-refractivity contribution in [3.63, 3.8) is 0 Å². The SMILES string of the molecule is Cc1ncccc1NC(=O)C1=NO[C@@]2(CCN(C(=O)C3CC3)C2)C1. The highest BCUT2D eigenvalue weighted by molar-refractivity contribution is 6.43. The first-order valence-corrected chi connectivity index (χ1v) is 8.33. The Balaban J connectivity index is 1.38. The Morgan fingerprint density at radius 1 is 1.42 bits per heavy atom. The maximum Gasteiger partial charge on any atom is 0.273 e.